The van der Waals surface area contributed by atoms with Crippen molar-refractivity contribution in [3.05, 3.63) is 0 Å². The van der Waals surface area contributed by atoms with Gasteiger partial charge in [0.15, 0.2) is 0 Å². The molecule has 2 heteroatoms. The third kappa shape index (κ3) is 7.82. The average molecular weight is 159 g/mol. The summed E-state index contributed by atoms with van der Waals surface area (Å²) < 4.78 is 5.55. The van der Waals surface area contributed by atoms with Crippen molar-refractivity contribution in [1.29, 1.82) is 0 Å². The van der Waals surface area contributed by atoms with Crippen molar-refractivity contribution in [2.75, 3.05) is 13.2 Å². The van der Waals surface area contributed by atoms with Gasteiger partial charge in [0.2, 0.25) is 0 Å². The normalized spacial score (nSPS) is 15.0. The summed E-state index contributed by atoms with van der Waals surface area (Å²) in [7, 11) is 0. The molecule has 1 atom stereocenters. The third-order valence-corrected chi connectivity index (χ3v) is 1.55. The van der Waals surface area contributed by atoms with Gasteiger partial charge in [-0.3, -0.25) is 0 Å². The van der Waals surface area contributed by atoms with E-state index in [0.29, 0.717) is 5.92 Å². The zero-order chi connectivity index (χ0) is 8.91. The van der Waals surface area contributed by atoms with Gasteiger partial charge in [0.1, 0.15) is 0 Å². The van der Waals surface area contributed by atoms with Crippen LogP contribution in [0, 0.1) is 5.92 Å². The van der Waals surface area contributed by atoms with Crippen LogP contribution in [0.25, 0.3) is 0 Å². The molecule has 0 amide bonds. The number of nitrogens with two attached hydrogens (primary N) is 1. The van der Waals surface area contributed by atoms with Crippen molar-refractivity contribution in [2.45, 2.75) is 39.7 Å². The van der Waals surface area contributed by atoms with E-state index in [2.05, 4.69) is 27.7 Å². The molecule has 2 nitrogen and oxygen atoms in total. The van der Waals surface area contributed by atoms with Crippen LogP contribution in [0.1, 0.15) is 34.1 Å². The van der Waals surface area contributed by atoms with E-state index in [4.69, 9.17) is 10.5 Å². The molecule has 2 N–H and O–H groups in total. The predicted molar refractivity (Wildman–Crippen MR) is 48.5 cm³/mol. The van der Waals surface area contributed by atoms with Crippen LogP contribution in [0.4, 0.5) is 0 Å². The zero-order valence-electron chi connectivity index (χ0n) is 8.18. The average Bonchev–Trinajstić information content (AvgIpc) is 1.85. The van der Waals surface area contributed by atoms with E-state index in [1.54, 1.807) is 0 Å². The highest BCUT2D eigenvalue weighted by atomic mass is 16.5. The summed E-state index contributed by atoms with van der Waals surface area (Å²) in [6.45, 7) is 9.93. The topological polar surface area (TPSA) is 35.2 Å². The van der Waals surface area contributed by atoms with E-state index in [-0.39, 0.29) is 5.60 Å². The van der Waals surface area contributed by atoms with E-state index >= 15 is 0 Å². The SMILES string of the molecule is C[C@H](CN)CCOC(C)(C)C. The van der Waals surface area contributed by atoms with Gasteiger partial charge in [-0.25, -0.2) is 0 Å². The standard InChI is InChI=1S/C9H21NO/c1-8(7-10)5-6-11-9(2,3)4/h8H,5-7,10H2,1-4H3/t8-/m0/s1. The van der Waals surface area contributed by atoms with Crippen molar-refractivity contribution >= 4 is 0 Å². The molecular formula is C9H21NO. The minimum atomic E-state index is -0.00564. The molecule has 0 aliphatic heterocycles. The van der Waals surface area contributed by atoms with Crippen LogP contribution in [-0.4, -0.2) is 18.8 Å². The molecule has 0 fully saturated rings. The molecule has 0 rings (SSSR count). The number of hydrogen-bond acceptors (Lipinski definition) is 2. The minimum absolute atomic E-state index is 0.00564. The molecule has 68 valence electrons. The predicted octanol–water partition coefficient (Wildman–Crippen LogP) is 1.79. The fourth-order valence-corrected chi connectivity index (χ4v) is 0.684. The third-order valence-electron chi connectivity index (χ3n) is 1.55. The molecule has 0 bridgehead atoms. The van der Waals surface area contributed by atoms with Crippen LogP contribution in [0.2, 0.25) is 0 Å². The molecule has 0 aliphatic carbocycles. The molecule has 0 aliphatic rings. The zero-order valence-corrected chi connectivity index (χ0v) is 8.18. The van der Waals surface area contributed by atoms with Crippen molar-refractivity contribution in [3.8, 4) is 0 Å². The second-order valence-electron chi connectivity index (χ2n) is 4.09. The monoisotopic (exact) mass is 159 g/mol. The molecule has 0 heterocycles. The van der Waals surface area contributed by atoms with Gasteiger partial charge in [-0.05, 0) is 39.7 Å². The molecule has 0 aromatic rings. The highest BCUT2D eigenvalue weighted by Crippen LogP contribution is 2.09. The maximum atomic E-state index is 5.55. The number of hydrogen-bond donors (Lipinski definition) is 1. The lowest BCUT2D eigenvalue weighted by atomic mass is 10.1. The molecule has 0 saturated heterocycles. The van der Waals surface area contributed by atoms with Gasteiger partial charge in [-0.1, -0.05) is 6.92 Å². The Balaban J connectivity index is 3.28. The van der Waals surface area contributed by atoms with Gasteiger partial charge in [0, 0.05) is 6.61 Å². The molecule has 0 unspecified atom stereocenters. The lowest BCUT2D eigenvalue weighted by Gasteiger charge is -2.20. The van der Waals surface area contributed by atoms with Crippen molar-refractivity contribution < 1.29 is 4.74 Å². The summed E-state index contributed by atoms with van der Waals surface area (Å²) in [5, 5.41) is 0. The summed E-state index contributed by atoms with van der Waals surface area (Å²) in [6, 6.07) is 0. The molecule has 0 aromatic carbocycles. The first kappa shape index (κ1) is 10.9. The van der Waals surface area contributed by atoms with E-state index < -0.39 is 0 Å². The van der Waals surface area contributed by atoms with Crippen LogP contribution in [0.5, 0.6) is 0 Å². The van der Waals surface area contributed by atoms with Crippen LogP contribution < -0.4 is 5.73 Å². The van der Waals surface area contributed by atoms with Crippen molar-refractivity contribution in [2.24, 2.45) is 11.7 Å². The highest BCUT2D eigenvalue weighted by molar-refractivity contribution is 4.60. The Labute approximate surface area is 70.1 Å². The molecule has 0 spiro atoms. The van der Waals surface area contributed by atoms with Gasteiger partial charge in [0.05, 0.1) is 5.60 Å². The number of ether oxygens (including phenoxy) is 1. The van der Waals surface area contributed by atoms with Crippen LogP contribution in [0.15, 0.2) is 0 Å². The Bertz CT molecular complexity index is 96.2. The Morgan fingerprint density at radius 2 is 1.91 bits per heavy atom. The minimum Gasteiger partial charge on any atom is -0.376 e. The summed E-state index contributed by atoms with van der Waals surface area (Å²) in [5.41, 5.74) is 5.46. The number of rotatable bonds is 4. The summed E-state index contributed by atoms with van der Waals surface area (Å²) in [6.07, 6.45) is 1.06. The van der Waals surface area contributed by atoms with E-state index in [0.717, 1.165) is 19.6 Å². The highest BCUT2D eigenvalue weighted by Gasteiger charge is 2.09. The fraction of sp³-hybridized carbons (Fsp3) is 1.00. The first-order valence-corrected chi connectivity index (χ1v) is 4.29. The maximum absolute atomic E-state index is 5.55. The lowest BCUT2D eigenvalue weighted by molar-refractivity contribution is -0.00812. The Morgan fingerprint density at radius 1 is 1.36 bits per heavy atom. The van der Waals surface area contributed by atoms with E-state index in [1.165, 1.54) is 0 Å². The quantitative estimate of drug-likeness (QED) is 0.678. The summed E-state index contributed by atoms with van der Waals surface area (Å²) >= 11 is 0. The van der Waals surface area contributed by atoms with E-state index in [1.807, 2.05) is 0 Å². The second-order valence-corrected chi connectivity index (χ2v) is 4.09. The molecule has 11 heavy (non-hydrogen) atoms. The Hall–Kier alpha value is -0.0800. The van der Waals surface area contributed by atoms with Crippen LogP contribution in [0.3, 0.4) is 0 Å². The summed E-state index contributed by atoms with van der Waals surface area (Å²) in [5.74, 6) is 0.581. The van der Waals surface area contributed by atoms with Gasteiger partial charge in [-0.2, -0.15) is 0 Å². The largest absolute Gasteiger partial charge is 0.376 e. The molecule has 0 aromatic heterocycles. The van der Waals surface area contributed by atoms with Gasteiger partial charge in [-0.15, -0.1) is 0 Å². The summed E-state index contributed by atoms with van der Waals surface area (Å²) in [4.78, 5) is 0. The Kier molecular flexibility index (Phi) is 4.69. The Morgan fingerprint density at radius 3 is 2.27 bits per heavy atom. The van der Waals surface area contributed by atoms with Gasteiger partial charge < -0.3 is 10.5 Å². The molecule has 0 radical (unpaired) electrons. The first-order valence-electron chi connectivity index (χ1n) is 4.29. The van der Waals surface area contributed by atoms with Gasteiger partial charge in [0.25, 0.3) is 0 Å². The van der Waals surface area contributed by atoms with E-state index in [9.17, 15) is 0 Å². The molecule has 0 saturated carbocycles. The molecular weight excluding hydrogens is 138 g/mol. The maximum Gasteiger partial charge on any atom is 0.0598 e. The van der Waals surface area contributed by atoms with Gasteiger partial charge >= 0.3 is 0 Å². The van der Waals surface area contributed by atoms with Crippen LogP contribution in [-0.2, 0) is 4.74 Å². The second kappa shape index (κ2) is 4.73. The van der Waals surface area contributed by atoms with Crippen molar-refractivity contribution in [3.63, 3.8) is 0 Å². The first-order chi connectivity index (χ1) is 4.95. The van der Waals surface area contributed by atoms with Crippen molar-refractivity contribution in [1.82, 2.24) is 0 Å². The lowest BCUT2D eigenvalue weighted by Crippen LogP contribution is -2.22. The van der Waals surface area contributed by atoms with Crippen LogP contribution >= 0.6 is 0 Å². The fourth-order valence-electron chi connectivity index (χ4n) is 0.684. The smallest absolute Gasteiger partial charge is 0.0598 e.